The van der Waals surface area contributed by atoms with Gasteiger partial charge in [0.15, 0.2) is 0 Å². The average Bonchev–Trinajstić information content (AvgIpc) is 2.39. The van der Waals surface area contributed by atoms with Crippen LogP contribution in [0.5, 0.6) is 5.75 Å². The highest BCUT2D eigenvalue weighted by Gasteiger charge is 2.14. The van der Waals surface area contributed by atoms with Gasteiger partial charge in [0.1, 0.15) is 18.0 Å². The number of benzene rings is 2. The second-order valence-electron chi connectivity index (χ2n) is 3.85. The maximum Gasteiger partial charge on any atom is 0.292 e. The zero-order valence-electron chi connectivity index (χ0n) is 9.88. The van der Waals surface area contributed by atoms with Crippen molar-refractivity contribution in [3.05, 3.63) is 62.6 Å². The second-order valence-corrected chi connectivity index (χ2v) is 4.77. The first-order chi connectivity index (χ1) is 9.08. The third kappa shape index (κ3) is 3.23. The molecule has 0 amide bonds. The minimum absolute atomic E-state index is 0.100. The van der Waals surface area contributed by atoms with E-state index < -0.39 is 4.92 Å². The molecule has 6 heteroatoms. The van der Waals surface area contributed by atoms with Gasteiger partial charge >= 0.3 is 0 Å². The molecule has 0 saturated carbocycles. The van der Waals surface area contributed by atoms with E-state index in [2.05, 4.69) is 15.9 Å². The number of nitro groups is 1. The van der Waals surface area contributed by atoms with Gasteiger partial charge in [-0.1, -0.05) is 28.1 Å². The highest BCUT2D eigenvalue weighted by Crippen LogP contribution is 2.26. The van der Waals surface area contributed by atoms with Crippen LogP contribution in [-0.4, -0.2) is 4.92 Å². The number of nitrogens with two attached hydrogens (primary N) is 1. The molecular weight excluding hydrogens is 312 g/mol. The monoisotopic (exact) mass is 322 g/mol. The molecule has 0 saturated heterocycles. The Kier molecular flexibility index (Phi) is 4.01. The van der Waals surface area contributed by atoms with Gasteiger partial charge in [-0.2, -0.15) is 0 Å². The van der Waals surface area contributed by atoms with Crippen molar-refractivity contribution in [2.45, 2.75) is 6.61 Å². The summed E-state index contributed by atoms with van der Waals surface area (Å²) < 4.78 is 6.49. The summed E-state index contributed by atoms with van der Waals surface area (Å²) in [4.78, 5) is 10.3. The van der Waals surface area contributed by atoms with Crippen molar-refractivity contribution < 1.29 is 9.66 Å². The minimum Gasteiger partial charge on any atom is -0.489 e. The first-order valence-corrected chi connectivity index (χ1v) is 6.27. The molecule has 2 aromatic rings. The van der Waals surface area contributed by atoms with Crippen molar-refractivity contribution in [3.63, 3.8) is 0 Å². The number of halogens is 1. The Hall–Kier alpha value is -2.08. The lowest BCUT2D eigenvalue weighted by Crippen LogP contribution is -2.03. The lowest BCUT2D eigenvalue weighted by atomic mass is 10.1. The number of para-hydroxylation sites is 1. The predicted octanol–water partition coefficient (Wildman–Crippen LogP) is 3.52. The van der Waals surface area contributed by atoms with Crippen LogP contribution in [0.15, 0.2) is 46.9 Å². The van der Waals surface area contributed by atoms with E-state index >= 15 is 0 Å². The van der Waals surface area contributed by atoms with E-state index in [1.165, 1.54) is 6.07 Å². The molecule has 0 bridgehead atoms. The summed E-state index contributed by atoms with van der Waals surface area (Å²) in [5.41, 5.74) is 6.38. The Balaban J connectivity index is 2.13. The molecule has 0 aliphatic heterocycles. The molecule has 98 valence electrons. The van der Waals surface area contributed by atoms with E-state index in [4.69, 9.17) is 10.5 Å². The highest BCUT2D eigenvalue weighted by molar-refractivity contribution is 9.10. The van der Waals surface area contributed by atoms with E-state index in [0.29, 0.717) is 11.3 Å². The normalized spacial score (nSPS) is 10.2. The van der Waals surface area contributed by atoms with Crippen molar-refractivity contribution in [3.8, 4) is 5.75 Å². The Labute approximate surface area is 118 Å². The van der Waals surface area contributed by atoms with E-state index in [0.717, 1.165) is 4.47 Å². The topological polar surface area (TPSA) is 78.4 Å². The van der Waals surface area contributed by atoms with E-state index in [9.17, 15) is 10.1 Å². The summed E-state index contributed by atoms with van der Waals surface area (Å²) in [7, 11) is 0. The third-order valence-corrected chi connectivity index (χ3v) is 3.11. The van der Waals surface area contributed by atoms with Crippen LogP contribution in [0.25, 0.3) is 0 Å². The first kappa shape index (κ1) is 13.4. The molecule has 0 spiro atoms. The Morgan fingerprint density at radius 3 is 2.53 bits per heavy atom. The number of ether oxygens (including phenoxy) is 1. The molecule has 0 fully saturated rings. The number of nitro benzene ring substituents is 1. The van der Waals surface area contributed by atoms with Crippen LogP contribution in [-0.2, 0) is 6.61 Å². The molecular formula is C13H11BrN2O3. The summed E-state index contributed by atoms with van der Waals surface area (Å²) in [6.07, 6.45) is 0. The Morgan fingerprint density at radius 2 is 1.89 bits per heavy atom. The number of hydrogen-bond donors (Lipinski definition) is 1. The first-order valence-electron chi connectivity index (χ1n) is 5.48. The van der Waals surface area contributed by atoms with Crippen molar-refractivity contribution in [1.29, 1.82) is 0 Å². The van der Waals surface area contributed by atoms with Crippen molar-refractivity contribution in [1.82, 2.24) is 0 Å². The number of nitrogen functional groups attached to an aromatic ring is 1. The quantitative estimate of drug-likeness (QED) is 0.530. The van der Waals surface area contributed by atoms with Gasteiger partial charge in [0, 0.05) is 16.1 Å². The van der Waals surface area contributed by atoms with Crippen LogP contribution in [0.3, 0.4) is 0 Å². The fraction of sp³-hybridized carbons (Fsp3) is 0.0769. The Bertz CT molecular complexity index is 599. The van der Waals surface area contributed by atoms with Crippen LogP contribution in [0.1, 0.15) is 5.56 Å². The van der Waals surface area contributed by atoms with Gasteiger partial charge in [-0.3, -0.25) is 10.1 Å². The highest BCUT2D eigenvalue weighted by atomic mass is 79.9. The van der Waals surface area contributed by atoms with Gasteiger partial charge in [0.25, 0.3) is 5.69 Å². The molecule has 0 atom stereocenters. The summed E-state index contributed by atoms with van der Waals surface area (Å²) in [5, 5.41) is 10.8. The molecule has 0 aromatic heterocycles. The molecule has 5 nitrogen and oxygen atoms in total. The van der Waals surface area contributed by atoms with Gasteiger partial charge in [-0.15, -0.1) is 0 Å². The summed E-state index contributed by atoms with van der Waals surface area (Å²) in [6.45, 7) is 0.190. The molecule has 0 unspecified atom stereocenters. The van der Waals surface area contributed by atoms with Crippen LogP contribution in [0.4, 0.5) is 11.4 Å². The van der Waals surface area contributed by atoms with Crippen LogP contribution < -0.4 is 10.5 Å². The Morgan fingerprint density at radius 1 is 1.21 bits per heavy atom. The number of anilines is 1. The molecule has 0 heterocycles. The van der Waals surface area contributed by atoms with E-state index in [-0.39, 0.29) is 18.0 Å². The molecule has 0 aliphatic rings. The number of hydrogen-bond acceptors (Lipinski definition) is 4. The summed E-state index contributed by atoms with van der Waals surface area (Å²) >= 11 is 3.33. The lowest BCUT2D eigenvalue weighted by molar-refractivity contribution is -0.384. The summed E-state index contributed by atoms with van der Waals surface area (Å²) in [5.74, 6) is 0.675. The van der Waals surface area contributed by atoms with E-state index in [1.54, 1.807) is 24.3 Å². The van der Waals surface area contributed by atoms with Gasteiger partial charge in [0.2, 0.25) is 0 Å². The average molecular weight is 323 g/mol. The second kappa shape index (κ2) is 5.71. The third-order valence-electron chi connectivity index (χ3n) is 2.58. The number of rotatable bonds is 4. The fourth-order valence-corrected chi connectivity index (χ4v) is 1.84. The van der Waals surface area contributed by atoms with Gasteiger partial charge in [0.05, 0.1) is 4.92 Å². The zero-order valence-corrected chi connectivity index (χ0v) is 11.5. The maximum atomic E-state index is 10.8. The van der Waals surface area contributed by atoms with E-state index in [1.807, 2.05) is 12.1 Å². The molecule has 2 N–H and O–H groups in total. The molecule has 0 radical (unpaired) electrons. The molecule has 19 heavy (non-hydrogen) atoms. The SMILES string of the molecule is Nc1c(COc2ccc(Br)cc2)cccc1[N+](=O)[O-]. The lowest BCUT2D eigenvalue weighted by Gasteiger charge is -2.08. The number of nitrogens with zero attached hydrogens (tertiary/aromatic N) is 1. The maximum absolute atomic E-state index is 10.8. The smallest absolute Gasteiger partial charge is 0.292 e. The standard InChI is InChI=1S/C13H11BrN2O3/c14-10-4-6-11(7-5-10)19-8-9-2-1-3-12(13(9)15)16(17)18/h1-7H,8,15H2. The molecule has 2 rings (SSSR count). The molecule has 2 aromatic carbocycles. The van der Waals surface area contributed by atoms with Gasteiger partial charge < -0.3 is 10.5 Å². The van der Waals surface area contributed by atoms with Gasteiger partial charge in [-0.05, 0) is 24.3 Å². The largest absolute Gasteiger partial charge is 0.489 e. The van der Waals surface area contributed by atoms with Crippen LogP contribution in [0.2, 0.25) is 0 Å². The summed E-state index contributed by atoms with van der Waals surface area (Å²) in [6, 6.07) is 12.0. The fourth-order valence-electron chi connectivity index (χ4n) is 1.58. The van der Waals surface area contributed by atoms with Crippen LogP contribution in [0, 0.1) is 10.1 Å². The molecule has 0 aliphatic carbocycles. The zero-order chi connectivity index (χ0) is 13.8. The van der Waals surface area contributed by atoms with Crippen molar-refractivity contribution >= 4 is 27.3 Å². The predicted molar refractivity (Wildman–Crippen MR) is 76.0 cm³/mol. The van der Waals surface area contributed by atoms with Gasteiger partial charge in [-0.25, -0.2) is 0 Å². The van der Waals surface area contributed by atoms with Crippen molar-refractivity contribution in [2.75, 3.05) is 5.73 Å². The van der Waals surface area contributed by atoms with Crippen molar-refractivity contribution in [2.24, 2.45) is 0 Å². The minimum atomic E-state index is -0.502. The van der Waals surface area contributed by atoms with Crippen LogP contribution >= 0.6 is 15.9 Å².